The summed E-state index contributed by atoms with van der Waals surface area (Å²) in [6.07, 6.45) is 0.524. The average molecular weight is 486 g/mol. The highest BCUT2D eigenvalue weighted by molar-refractivity contribution is 5.65. The molecule has 0 amide bonds. The Bertz CT molecular complexity index is 1180. The molecule has 3 aromatic heterocycles. The molecular formula is C24H26F3N7O. The molecule has 2 fully saturated rings. The number of pyridine rings is 2. The maximum absolute atomic E-state index is 13.5. The molecule has 5 heterocycles. The quantitative estimate of drug-likeness (QED) is 0.557. The van der Waals surface area contributed by atoms with E-state index in [2.05, 4.69) is 19.8 Å². The van der Waals surface area contributed by atoms with Gasteiger partial charge in [0.1, 0.15) is 11.6 Å². The molecule has 0 unspecified atom stereocenters. The lowest BCUT2D eigenvalue weighted by molar-refractivity contribution is -0.137. The van der Waals surface area contributed by atoms with Crippen LogP contribution in [0, 0.1) is 6.92 Å². The second-order valence-electron chi connectivity index (χ2n) is 8.61. The standard InChI is InChI=1S/C24H26F3N7O/c1-17-13-18(16-28-15-17)20-14-21(31-23(30-20)34-9-11-35-12-10-34)32-5-7-33(8-6-32)22-19(24(25,26)27)3-2-4-29-22/h2-4,13-16H,5-12H2,1H3. The van der Waals surface area contributed by atoms with Gasteiger partial charge in [-0.3, -0.25) is 4.98 Å². The third-order valence-electron chi connectivity index (χ3n) is 6.16. The first-order valence-corrected chi connectivity index (χ1v) is 11.5. The molecular weight excluding hydrogens is 459 g/mol. The van der Waals surface area contributed by atoms with Gasteiger partial charge in [-0.15, -0.1) is 0 Å². The molecule has 0 atom stereocenters. The van der Waals surface area contributed by atoms with E-state index in [1.54, 1.807) is 17.3 Å². The minimum atomic E-state index is -4.45. The second-order valence-corrected chi connectivity index (χ2v) is 8.61. The van der Waals surface area contributed by atoms with E-state index in [-0.39, 0.29) is 5.82 Å². The summed E-state index contributed by atoms with van der Waals surface area (Å²) in [5.41, 5.74) is 1.98. The van der Waals surface area contributed by atoms with Crippen LogP contribution in [0.3, 0.4) is 0 Å². The van der Waals surface area contributed by atoms with Crippen LogP contribution in [0.25, 0.3) is 11.3 Å². The highest BCUT2D eigenvalue weighted by Gasteiger charge is 2.36. The van der Waals surface area contributed by atoms with Crippen molar-refractivity contribution in [1.82, 2.24) is 19.9 Å². The molecule has 0 N–H and O–H groups in total. The van der Waals surface area contributed by atoms with Gasteiger partial charge in [-0.2, -0.15) is 18.2 Å². The van der Waals surface area contributed by atoms with Gasteiger partial charge in [-0.1, -0.05) is 0 Å². The highest BCUT2D eigenvalue weighted by atomic mass is 19.4. The number of aromatic nitrogens is 4. The molecule has 0 radical (unpaired) electrons. The van der Waals surface area contributed by atoms with E-state index in [0.717, 1.165) is 28.7 Å². The lowest BCUT2D eigenvalue weighted by Crippen LogP contribution is -2.48. The minimum Gasteiger partial charge on any atom is -0.378 e. The van der Waals surface area contributed by atoms with Crippen LogP contribution in [0.5, 0.6) is 0 Å². The van der Waals surface area contributed by atoms with E-state index in [1.165, 1.54) is 12.3 Å². The molecule has 0 aliphatic carbocycles. The molecule has 11 heteroatoms. The van der Waals surface area contributed by atoms with Crippen LogP contribution in [0.2, 0.25) is 0 Å². The van der Waals surface area contributed by atoms with Crippen LogP contribution in [0.4, 0.5) is 30.8 Å². The molecule has 0 aromatic carbocycles. The largest absolute Gasteiger partial charge is 0.419 e. The highest BCUT2D eigenvalue weighted by Crippen LogP contribution is 2.35. The molecule has 2 saturated heterocycles. The van der Waals surface area contributed by atoms with Crippen molar-refractivity contribution in [3.05, 3.63) is 54.0 Å². The summed E-state index contributed by atoms with van der Waals surface area (Å²) in [6, 6.07) is 6.35. The third kappa shape index (κ3) is 5.14. The van der Waals surface area contributed by atoms with Crippen LogP contribution in [-0.2, 0) is 10.9 Å². The first-order valence-electron chi connectivity index (χ1n) is 11.5. The minimum absolute atomic E-state index is 0.0251. The van der Waals surface area contributed by atoms with Crippen molar-refractivity contribution in [3.63, 3.8) is 0 Å². The van der Waals surface area contributed by atoms with Crippen molar-refractivity contribution in [2.24, 2.45) is 0 Å². The van der Waals surface area contributed by atoms with Crippen molar-refractivity contribution in [3.8, 4) is 11.3 Å². The fourth-order valence-electron chi connectivity index (χ4n) is 4.35. The zero-order chi connectivity index (χ0) is 24.4. The van der Waals surface area contributed by atoms with Crippen LogP contribution >= 0.6 is 0 Å². The maximum Gasteiger partial charge on any atom is 0.419 e. The summed E-state index contributed by atoms with van der Waals surface area (Å²) in [7, 11) is 0. The molecule has 5 rings (SSSR count). The number of aryl methyl sites for hydroxylation is 1. The second kappa shape index (κ2) is 9.65. The van der Waals surface area contributed by atoms with Crippen LogP contribution < -0.4 is 14.7 Å². The lowest BCUT2D eigenvalue weighted by Gasteiger charge is -2.37. The third-order valence-corrected chi connectivity index (χ3v) is 6.16. The van der Waals surface area contributed by atoms with Gasteiger partial charge in [0.25, 0.3) is 0 Å². The topological polar surface area (TPSA) is 70.5 Å². The van der Waals surface area contributed by atoms with Crippen molar-refractivity contribution < 1.29 is 17.9 Å². The van der Waals surface area contributed by atoms with Gasteiger partial charge in [0.2, 0.25) is 5.95 Å². The van der Waals surface area contributed by atoms with Gasteiger partial charge < -0.3 is 19.4 Å². The van der Waals surface area contributed by atoms with Crippen LogP contribution in [-0.4, -0.2) is 72.4 Å². The molecule has 0 saturated carbocycles. The Labute approximate surface area is 201 Å². The number of halogens is 3. The fraction of sp³-hybridized carbons (Fsp3) is 0.417. The number of morpholine rings is 1. The first kappa shape index (κ1) is 23.3. The van der Waals surface area contributed by atoms with E-state index in [0.29, 0.717) is 58.4 Å². The molecule has 2 aliphatic heterocycles. The van der Waals surface area contributed by atoms with E-state index in [4.69, 9.17) is 14.7 Å². The maximum atomic E-state index is 13.5. The molecule has 184 valence electrons. The van der Waals surface area contributed by atoms with E-state index in [9.17, 15) is 13.2 Å². The Morgan fingerprint density at radius 1 is 0.886 bits per heavy atom. The Kier molecular flexibility index (Phi) is 6.42. The average Bonchev–Trinajstić information content (AvgIpc) is 2.88. The molecule has 0 spiro atoms. The molecule has 35 heavy (non-hydrogen) atoms. The molecule has 8 nitrogen and oxygen atoms in total. The number of anilines is 3. The van der Waals surface area contributed by atoms with Gasteiger partial charge in [0, 0.05) is 69.5 Å². The van der Waals surface area contributed by atoms with Crippen molar-refractivity contribution in [2.45, 2.75) is 13.1 Å². The van der Waals surface area contributed by atoms with E-state index < -0.39 is 11.7 Å². The SMILES string of the molecule is Cc1cncc(-c2cc(N3CCN(c4ncccc4C(F)(F)F)CC3)nc(N3CCOCC3)n2)c1. The Hall–Kier alpha value is -3.47. The van der Waals surface area contributed by atoms with E-state index in [1.807, 2.05) is 19.1 Å². The smallest absolute Gasteiger partial charge is 0.378 e. The van der Waals surface area contributed by atoms with Gasteiger partial charge >= 0.3 is 6.18 Å². The Morgan fingerprint density at radius 3 is 2.34 bits per heavy atom. The summed E-state index contributed by atoms with van der Waals surface area (Å²) in [4.78, 5) is 23.9. The number of hydrogen-bond donors (Lipinski definition) is 0. The number of alkyl halides is 3. The zero-order valence-corrected chi connectivity index (χ0v) is 19.4. The van der Waals surface area contributed by atoms with Crippen molar-refractivity contribution >= 4 is 17.6 Å². The number of hydrogen-bond acceptors (Lipinski definition) is 8. The fourth-order valence-corrected chi connectivity index (χ4v) is 4.35. The number of piperazine rings is 1. The van der Waals surface area contributed by atoms with Gasteiger partial charge in [-0.05, 0) is 30.7 Å². The van der Waals surface area contributed by atoms with Gasteiger partial charge in [-0.25, -0.2) is 9.97 Å². The van der Waals surface area contributed by atoms with Crippen molar-refractivity contribution in [1.29, 1.82) is 0 Å². The lowest BCUT2D eigenvalue weighted by atomic mass is 10.1. The molecule has 3 aromatic rings. The Morgan fingerprint density at radius 2 is 1.63 bits per heavy atom. The number of ether oxygens (including phenoxy) is 1. The predicted octanol–water partition coefficient (Wildman–Crippen LogP) is 3.42. The summed E-state index contributed by atoms with van der Waals surface area (Å²) < 4.78 is 45.9. The summed E-state index contributed by atoms with van der Waals surface area (Å²) >= 11 is 0. The summed E-state index contributed by atoms with van der Waals surface area (Å²) in [5, 5.41) is 0. The predicted molar refractivity (Wildman–Crippen MR) is 127 cm³/mol. The summed E-state index contributed by atoms with van der Waals surface area (Å²) in [6.45, 7) is 6.42. The van der Waals surface area contributed by atoms with E-state index >= 15 is 0 Å². The van der Waals surface area contributed by atoms with Crippen molar-refractivity contribution in [2.75, 3.05) is 67.2 Å². The number of rotatable bonds is 4. The summed E-state index contributed by atoms with van der Waals surface area (Å²) in [5.74, 6) is 1.34. The van der Waals surface area contributed by atoms with Crippen LogP contribution in [0.15, 0.2) is 42.9 Å². The normalized spacial score (nSPS) is 17.1. The molecule has 2 aliphatic rings. The first-order chi connectivity index (χ1) is 16.9. The van der Waals surface area contributed by atoms with Gasteiger partial charge in [0.15, 0.2) is 0 Å². The Balaban J connectivity index is 1.42. The van der Waals surface area contributed by atoms with Gasteiger partial charge in [0.05, 0.1) is 24.5 Å². The monoisotopic (exact) mass is 485 g/mol. The number of nitrogens with zero attached hydrogens (tertiary/aromatic N) is 7. The van der Waals surface area contributed by atoms with Crippen LogP contribution in [0.1, 0.15) is 11.1 Å². The molecule has 0 bridgehead atoms. The zero-order valence-electron chi connectivity index (χ0n) is 19.4.